The lowest BCUT2D eigenvalue weighted by Gasteiger charge is -2.34. The highest BCUT2D eigenvalue weighted by Gasteiger charge is 2.46. The zero-order valence-electron chi connectivity index (χ0n) is 30.0. The second-order valence-electron chi connectivity index (χ2n) is 14.9. The summed E-state index contributed by atoms with van der Waals surface area (Å²) in [5.74, 6) is 0. The van der Waals surface area contributed by atoms with Gasteiger partial charge in [-0.05, 0) is 103 Å². The van der Waals surface area contributed by atoms with Crippen molar-refractivity contribution in [2.24, 2.45) is 0 Å². The first-order valence-electron chi connectivity index (χ1n) is 18.6. The summed E-state index contributed by atoms with van der Waals surface area (Å²) in [6.45, 7) is 4.70. The van der Waals surface area contributed by atoms with Crippen molar-refractivity contribution >= 4 is 17.1 Å². The van der Waals surface area contributed by atoms with E-state index in [1.54, 1.807) is 0 Å². The maximum atomic E-state index is 2.41. The van der Waals surface area contributed by atoms with Crippen LogP contribution in [0.1, 0.15) is 47.2 Å². The molecule has 0 heterocycles. The van der Waals surface area contributed by atoms with Crippen LogP contribution in [0.15, 0.2) is 200 Å². The molecule has 0 aliphatic heterocycles. The average molecular weight is 678 g/mol. The highest BCUT2D eigenvalue weighted by Crippen LogP contribution is 2.58. The van der Waals surface area contributed by atoms with Crippen LogP contribution < -0.4 is 4.90 Å². The molecule has 2 aliphatic carbocycles. The number of hydrogen-bond acceptors (Lipinski definition) is 1. The second kappa shape index (κ2) is 12.1. The van der Waals surface area contributed by atoms with Gasteiger partial charge in [0.15, 0.2) is 0 Å². The van der Waals surface area contributed by atoms with Gasteiger partial charge < -0.3 is 4.90 Å². The highest BCUT2D eigenvalue weighted by atomic mass is 15.1. The summed E-state index contributed by atoms with van der Waals surface area (Å²) < 4.78 is 0. The van der Waals surface area contributed by atoms with E-state index in [4.69, 9.17) is 0 Å². The molecule has 2 aliphatic rings. The Hall–Kier alpha value is -6.44. The molecular formula is C52H39N. The molecule has 1 nitrogen and oxygen atoms in total. The van der Waals surface area contributed by atoms with E-state index in [-0.39, 0.29) is 5.41 Å². The van der Waals surface area contributed by atoms with Crippen LogP contribution in [0.3, 0.4) is 0 Å². The largest absolute Gasteiger partial charge is 0.310 e. The Balaban J connectivity index is 1.12. The third-order valence-corrected chi connectivity index (χ3v) is 11.8. The fourth-order valence-electron chi connectivity index (χ4n) is 9.38. The van der Waals surface area contributed by atoms with E-state index in [0.717, 1.165) is 17.1 Å². The summed E-state index contributed by atoms with van der Waals surface area (Å²) in [4.78, 5) is 2.39. The van der Waals surface area contributed by atoms with Crippen molar-refractivity contribution in [3.8, 4) is 33.4 Å². The van der Waals surface area contributed by atoms with Gasteiger partial charge in [0.2, 0.25) is 0 Å². The predicted octanol–water partition coefficient (Wildman–Crippen LogP) is 13.5. The number of fused-ring (bicyclic) bond motifs is 6. The Morgan fingerprint density at radius 2 is 0.830 bits per heavy atom. The molecule has 0 N–H and O–H groups in total. The summed E-state index contributed by atoms with van der Waals surface area (Å²) in [6.07, 6.45) is 0. The average Bonchev–Trinajstić information content (AvgIpc) is 3.65. The number of anilines is 3. The first kappa shape index (κ1) is 31.3. The van der Waals surface area contributed by atoms with Crippen molar-refractivity contribution in [3.63, 3.8) is 0 Å². The molecular weight excluding hydrogens is 639 g/mol. The van der Waals surface area contributed by atoms with Crippen LogP contribution in [-0.4, -0.2) is 0 Å². The van der Waals surface area contributed by atoms with Crippen molar-refractivity contribution in [1.29, 1.82) is 0 Å². The van der Waals surface area contributed by atoms with Crippen molar-refractivity contribution in [2.45, 2.75) is 24.7 Å². The highest BCUT2D eigenvalue weighted by molar-refractivity contribution is 5.96. The summed E-state index contributed by atoms with van der Waals surface area (Å²) in [7, 11) is 0. The summed E-state index contributed by atoms with van der Waals surface area (Å²) in [6, 6.07) is 73.8. The Labute approximate surface area is 312 Å². The Morgan fingerprint density at radius 3 is 1.51 bits per heavy atom. The SMILES string of the molecule is CC1(C)c2ccccc2-c2ccc(N(c3ccccc3)c3ccc(-c4cccc5c4-c4ccccc4C5(c4ccccc4)c4ccccc4)cc3)cc21. The van der Waals surface area contributed by atoms with Crippen LogP contribution >= 0.6 is 0 Å². The monoisotopic (exact) mass is 677 g/mol. The van der Waals surface area contributed by atoms with E-state index in [2.05, 4.69) is 219 Å². The van der Waals surface area contributed by atoms with E-state index < -0.39 is 5.41 Å². The molecule has 0 spiro atoms. The Morgan fingerprint density at radius 1 is 0.340 bits per heavy atom. The van der Waals surface area contributed by atoms with Crippen molar-refractivity contribution < 1.29 is 0 Å². The third-order valence-electron chi connectivity index (χ3n) is 11.8. The van der Waals surface area contributed by atoms with Crippen LogP contribution in [0.25, 0.3) is 33.4 Å². The molecule has 0 unspecified atom stereocenters. The van der Waals surface area contributed by atoms with Gasteiger partial charge in [0.25, 0.3) is 0 Å². The lowest BCUT2D eigenvalue weighted by molar-refractivity contribution is 0.660. The topological polar surface area (TPSA) is 3.24 Å². The van der Waals surface area contributed by atoms with Gasteiger partial charge in [-0.3, -0.25) is 0 Å². The number of rotatable bonds is 6. The Kier molecular flexibility index (Phi) is 7.13. The minimum atomic E-state index is -0.421. The molecule has 0 radical (unpaired) electrons. The lowest BCUT2D eigenvalue weighted by Crippen LogP contribution is -2.28. The smallest absolute Gasteiger partial charge is 0.0713 e. The molecule has 10 rings (SSSR count). The van der Waals surface area contributed by atoms with E-state index in [9.17, 15) is 0 Å². The summed E-state index contributed by atoms with van der Waals surface area (Å²) in [5, 5.41) is 0. The number of para-hydroxylation sites is 1. The molecule has 0 saturated heterocycles. The van der Waals surface area contributed by atoms with E-state index in [0.29, 0.717) is 0 Å². The van der Waals surface area contributed by atoms with Gasteiger partial charge in [-0.1, -0.05) is 178 Å². The quantitative estimate of drug-likeness (QED) is 0.169. The van der Waals surface area contributed by atoms with Crippen molar-refractivity contribution in [1.82, 2.24) is 0 Å². The lowest BCUT2D eigenvalue weighted by atomic mass is 9.67. The van der Waals surface area contributed by atoms with Gasteiger partial charge in [-0.25, -0.2) is 0 Å². The zero-order valence-corrected chi connectivity index (χ0v) is 30.0. The molecule has 252 valence electrons. The zero-order chi connectivity index (χ0) is 35.6. The third kappa shape index (κ3) is 4.64. The number of nitrogens with zero attached hydrogens (tertiary/aromatic N) is 1. The minimum Gasteiger partial charge on any atom is -0.310 e. The normalized spacial score (nSPS) is 14.2. The molecule has 1 heteroatoms. The maximum absolute atomic E-state index is 2.41. The molecule has 0 atom stereocenters. The van der Waals surface area contributed by atoms with Gasteiger partial charge in [0, 0.05) is 22.5 Å². The van der Waals surface area contributed by atoms with Gasteiger partial charge in [-0.2, -0.15) is 0 Å². The predicted molar refractivity (Wildman–Crippen MR) is 221 cm³/mol. The number of benzene rings is 8. The first-order chi connectivity index (χ1) is 26.1. The fourth-order valence-corrected chi connectivity index (χ4v) is 9.38. The van der Waals surface area contributed by atoms with E-state index >= 15 is 0 Å². The van der Waals surface area contributed by atoms with Crippen LogP contribution in [0.2, 0.25) is 0 Å². The molecule has 0 fully saturated rings. The van der Waals surface area contributed by atoms with E-state index in [1.807, 2.05) is 0 Å². The molecule has 53 heavy (non-hydrogen) atoms. The fraction of sp³-hybridized carbons (Fsp3) is 0.0769. The van der Waals surface area contributed by atoms with E-state index in [1.165, 1.54) is 66.8 Å². The standard InChI is InChI=1S/C52H39N/c1-51(2)46-26-14-12-23-43(46)44-34-33-41(35-49(44)51)53(39-21-10-5-11-22-39)40-31-29-36(30-32-40)42-25-16-28-48-50(42)45-24-13-15-27-47(45)52(48,37-17-6-3-7-18-37)38-19-8-4-9-20-38/h3-35H,1-2H3. The molecule has 0 aromatic heterocycles. The van der Waals surface area contributed by atoms with Gasteiger partial charge >= 0.3 is 0 Å². The van der Waals surface area contributed by atoms with Crippen LogP contribution in [0, 0.1) is 0 Å². The van der Waals surface area contributed by atoms with Crippen molar-refractivity contribution in [2.75, 3.05) is 4.90 Å². The van der Waals surface area contributed by atoms with Gasteiger partial charge in [-0.15, -0.1) is 0 Å². The second-order valence-corrected chi connectivity index (χ2v) is 14.9. The van der Waals surface area contributed by atoms with Gasteiger partial charge in [0.1, 0.15) is 0 Å². The first-order valence-corrected chi connectivity index (χ1v) is 18.6. The molecule has 8 aromatic rings. The summed E-state index contributed by atoms with van der Waals surface area (Å²) in [5.41, 5.74) is 18.6. The molecule has 0 bridgehead atoms. The summed E-state index contributed by atoms with van der Waals surface area (Å²) >= 11 is 0. The van der Waals surface area contributed by atoms with Crippen LogP contribution in [0.4, 0.5) is 17.1 Å². The maximum Gasteiger partial charge on any atom is 0.0713 e. The minimum absolute atomic E-state index is 0.0765. The molecule has 8 aromatic carbocycles. The number of hydrogen-bond donors (Lipinski definition) is 0. The van der Waals surface area contributed by atoms with Crippen molar-refractivity contribution in [3.05, 3.63) is 234 Å². The van der Waals surface area contributed by atoms with Gasteiger partial charge in [0.05, 0.1) is 5.41 Å². The van der Waals surface area contributed by atoms with Crippen LogP contribution in [0.5, 0.6) is 0 Å². The molecule has 0 amide bonds. The Bertz CT molecular complexity index is 2580. The van der Waals surface area contributed by atoms with Crippen LogP contribution in [-0.2, 0) is 10.8 Å². The molecule has 0 saturated carbocycles.